The van der Waals surface area contributed by atoms with Gasteiger partial charge in [0.2, 0.25) is 15.9 Å². The van der Waals surface area contributed by atoms with E-state index in [2.05, 4.69) is 25.5 Å². The predicted octanol–water partition coefficient (Wildman–Crippen LogP) is 2.96. The van der Waals surface area contributed by atoms with Crippen molar-refractivity contribution in [2.75, 3.05) is 19.6 Å². The SMILES string of the molecule is CC(C)(C)CCCNS(=O)(=O)c1ccc(CCN2CCCC2=O)cc1. The summed E-state index contributed by atoms with van der Waals surface area (Å²) in [6.45, 7) is 8.44. The van der Waals surface area contributed by atoms with E-state index in [4.69, 9.17) is 0 Å². The van der Waals surface area contributed by atoms with Gasteiger partial charge in [-0.1, -0.05) is 32.9 Å². The van der Waals surface area contributed by atoms with Crippen LogP contribution in [0, 0.1) is 5.41 Å². The Hall–Kier alpha value is -1.40. The quantitative estimate of drug-likeness (QED) is 0.719. The summed E-state index contributed by atoms with van der Waals surface area (Å²) in [5, 5.41) is 0. The lowest BCUT2D eigenvalue weighted by atomic mass is 9.91. The molecule has 5 nitrogen and oxygen atoms in total. The average Bonchev–Trinajstić information content (AvgIpc) is 2.94. The average molecular weight is 367 g/mol. The van der Waals surface area contributed by atoms with E-state index in [1.807, 2.05) is 17.0 Å². The summed E-state index contributed by atoms with van der Waals surface area (Å²) in [6.07, 6.45) is 4.15. The van der Waals surface area contributed by atoms with Crippen molar-refractivity contribution >= 4 is 15.9 Å². The number of hydrogen-bond acceptors (Lipinski definition) is 3. The topological polar surface area (TPSA) is 66.5 Å². The van der Waals surface area contributed by atoms with Crippen LogP contribution < -0.4 is 4.72 Å². The summed E-state index contributed by atoms with van der Waals surface area (Å²) >= 11 is 0. The number of amides is 1. The second-order valence-electron chi connectivity index (χ2n) is 7.94. The first kappa shape index (κ1) is 19.9. The van der Waals surface area contributed by atoms with Gasteiger partial charge in [-0.25, -0.2) is 13.1 Å². The van der Waals surface area contributed by atoms with Gasteiger partial charge in [0.05, 0.1) is 4.90 Å². The van der Waals surface area contributed by atoms with Crippen molar-refractivity contribution in [2.45, 2.75) is 57.8 Å². The molecule has 0 radical (unpaired) electrons. The first-order valence-electron chi connectivity index (χ1n) is 9.04. The number of likely N-dealkylation sites (tertiary alicyclic amines) is 1. The highest BCUT2D eigenvalue weighted by Crippen LogP contribution is 2.20. The zero-order chi connectivity index (χ0) is 18.5. The molecule has 1 amide bonds. The molecule has 2 rings (SSSR count). The molecule has 140 valence electrons. The molecule has 1 aromatic carbocycles. The zero-order valence-electron chi connectivity index (χ0n) is 15.5. The molecular weight excluding hydrogens is 336 g/mol. The summed E-state index contributed by atoms with van der Waals surface area (Å²) in [5.41, 5.74) is 1.26. The van der Waals surface area contributed by atoms with Gasteiger partial charge in [-0.2, -0.15) is 0 Å². The van der Waals surface area contributed by atoms with Crippen LogP contribution >= 0.6 is 0 Å². The molecule has 1 aromatic rings. The van der Waals surface area contributed by atoms with Crippen molar-refractivity contribution in [2.24, 2.45) is 5.41 Å². The third-order valence-electron chi connectivity index (χ3n) is 4.47. The van der Waals surface area contributed by atoms with Crippen LogP contribution in [0.4, 0.5) is 0 Å². The van der Waals surface area contributed by atoms with Gasteiger partial charge >= 0.3 is 0 Å². The Bertz CT molecular complexity index is 676. The van der Waals surface area contributed by atoms with Crippen molar-refractivity contribution in [3.05, 3.63) is 29.8 Å². The fraction of sp³-hybridized carbons (Fsp3) is 0.632. The van der Waals surface area contributed by atoms with E-state index < -0.39 is 10.0 Å². The molecule has 0 aromatic heterocycles. The maximum atomic E-state index is 12.3. The number of carbonyl (C=O) groups is 1. The van der Waals surface area contributed by atoms with Crippen LogP contribution in [0.25, 0.3) is 0 Å². The summed E-state index contributed by atoms with van der Waals surface area (Å²) in [6, 6.07) is 6.97. The van der Waals surface area contributed by atoms with Crippen LogP contribution in [-0.4, -0.2) is 38.9 Å². The molecule has 0 saturated carbocycles. The third kappa shape index (κ3) is 6.44. The van der Waals surface area contributed by atoms with Gasteiger partial charge in [0.15, 0.2) is 0 Å². The van der Waals surface area contributed by atoms with Crippen LogP contribution in [0.3, 0.4) is 0 Å². The lowest BCUT2D eigenvalue weighted by Gasteiger charge is -2.17. The van der Waals surface area contributed by atoms with E-state index in [0.29, 0.717) is 24.4 Å². The number of benzene rings is 1. The smallest absolute Gasteiger partial charge is 0.240 e. The number of nitrogens with zero attached hydrogens (tertiary/aromatic N) is 1. The van der Waals surface area contributed by atoms with Gasteiger partial charge in [-0.3, -0.25) is 4.79 Å². The second-order valence-corrected chi connectivity index (χ2v) is 9.71. The van der Waals surface area contributed by atoms with Crippen molar-refractivity contribution in [3.8, 4) is 0 Å². The summed E-state index contributed by atoms with van der Waals surface area (Å²) in [4.78, 5) is 13.8. The summed E-state index contributed by atoms with van der Waals surface area (Å²) in [7, 11) is -3.45. The first-order valence-corrected chi connectivity index (χ1v) is 10.5. The van der Waals surface area contributed by atoms with E-state index in [1.165, 1.54) is 0 Å². The normalized spacial score (nSPS) is 15.8. The van der Waals surface area contributed by atoms with E-state index in [0.717, 1.165) is 37.8 Å². The molecule has 1 aliphatic rings. The van der Waals surface area contributed by atoms with E-state index in [9.17, 15) is 13.2 Å². The molecule has 25 heavy (non-hydrogen) atoms. The first-order chi connectivity index (χ1) is 11.7. The van der Waals surface area contributed by atoms with Crippen molar-refractivity contribution < 1.29 is 13.2 Å². The zero-order valence-corrected chi connectivity index (χ0v) is 16.4. The maximum Gasteiger partial charge on any atom is 0.240 e. The van der Waals surface area contributed by atoms with Crippen LogP contribution in [0.1, 0.15) is 52.0 Å². The van der Waals surface area contributed by atoms with E-state index in [-0.39, 0.29) is 11.3 Å². The van der Waals surface area contributed by atoms with E-state index in [1.54, 1.807) is 12.1 Å². The Balaban J connectivity index is 1.84. The molecule has 6 heteroatoms. The summed E-state index contributed by atoms with van der Waals surface area (Å²) in [5.74, 6) is 0.221. The predicted molar refractivity (Wildman–Crippen MR) is 99.8 cm³/mol. The monoisotopic (exact) mass is 366 g/mol. The fourth-order valence-corrected chi connectivity index (χ4v) is 4.02. The second kappa shape index (κ2) is 8.32. The maximum absolute atomic E-state index is 12.3. The Labute approximate surface area is 151 Å². The van der Waals surface area contributed by atoms with Crippen LogP contribution in [-0.2, 0) is 21.2 Å². The Morgan fingerprint density at radius 1 is 1.16 bits per heavy atom. The molecule has 1 N–H and O–H groups in total. The number of rotatable bonds is 8. The van der Waals surface area contributed by atoms with Crippen LogP contribution in [0.5, 0.6) is 0 Å². The summed E-state index contributed by atoms with van der Waals surface area (Å²) < 4.78 is 27.3. The molecule has 1 fully saturated rings. The van der Waals surface area contributed by atoms with Gasteiger partial charge in [-0.05, 0) is 48.8 Å². The number of nitrogens with one attached hydrogen (secondary N) is 1. The number of hydrogen-bond donors (Lipinski definition) is 1. The van der Waals surface area contributed by atoms with Crippen molar-refractivity contribution in [3.63, 3.8) is 0 Å². The van der Waals surface area contributed by atoms with Crippen molar-refractivity contribution in [1.29, 1.82) is 0 Å². The highest BCUT2D eigenvalue weighted by Gasteiger charge is 2.19. The molecule has 1 saturated heterocycles. The Morgan fingerprint density at radius 3 is 2.40 bits per heavy atom. The van der Waals surface area contributed by atoms with Crippen molar-refractivity contribution in [1.82, 2.24) is 9.62 Å². The lowest BCUT2D eigenvalue weighted by Crippen LogP contribution is -2.27. The Morgan fingerprint density at radius 2 is 1.84 bits per heavy atom. The fourth-order valence-electron chi connectivity index (χ4n) is 2.95. The van der Waals surface area contributed by atoms with E-state index >= 15 is 0 Å². The van der Waals surface area contributed by atoms with Gasteiger partial charge in [-0.15, -0.1) is 0 Å². The lowest BCUT2D eigenvalue weighted by molar-refractivity contribution is -0.127. The molecule has 0 unspecified atom stereocenters. The van der Waals surface area contributed by atoms with Gasteiger partial charge in [0.1, 0.15) is 0 Å². The standard InChI is InChI=1S/C19H30N2O3S/c1-19(2,3)12-5-13-20-25(23,24)17-9-7-16(8-10-17)11-15-21-14-4-6-18(21)22/h7-10,20H,4-6,11-15H2,1-3H3. The van der Waals surface area contributed by atoms with Gasteiger partial charge in [0.25, 0.3) is 0 Å². The minimum Gasteiger partial charge on any atom is -0.342 e. The molecule has 0 bridgehead atoms. The molecule has 0 atom stereocenters. The van der Waals surface area contributed by atoms with Gasteiger partial charge in [0, 0.05) is 26.1 Å². The molecular formula is C19H30N2O3S. The number of sulfonamides is 1. The largest absolute Gasteiger partial charge is 0.342 e. The highest BCUT2D eigenvalue weighted by molar-refractivity contribution is 7.89. The molecule has 1 aliphatic heterocycles. The van der Waals surface area contributed by atoms with Crippen LogP contribution in [0.15, 0.2) is 29.2 Å². The van der Waals surface area contributed by atoms with Gasteiger partial charge < -0.3 is 4.90 Å². The molecule has 1 heterocycles. The van der Waals surface area contributed by atoms with Crippen LogP contribution in [0.2, 0.25) is 0 Å². The minimum absolute atomic E-state index is 0.212. The highest BCUT2D eigenvalue weighted by atomic mass is 32.2. The third-order valence-corrected chi connectivity index (χ3v) is 5.95. The number of carbonyl (C=O) groups excluding carboxylic acids is 1. The minimum atomic E-state index is -3.45. The Kier molecular flexibility index (Phi) is 6.63. The molecule has 0 spiro atoms. The molecule has 0 aliphatic carbocycles.